The molecule has 0 aliphatic heterocycles. The first kappa shape index (κ1) is 20.9. The molecule has 1 atom stereocenters. The highest BCUT2D eigenvalue weighted by Crippen LogP contribution is 2.32. The van der Waals surface area contributed by atoms with Crippen LogP contribution >= 0.6 is 11.3 Å². The van der Waals surface area contributed by atoms with Gasteiger partial charge in [0.1, 0.15) is 16.6 Å². The fraction of sp³-hybridized carbons (Fsp3) is 0.115. The van der Waals surface area contributed by atoms with E-state index in [4.69, 9.17) is 4.74 Å². The van der Waals surface area contributed by atoms with Gasteiger partial charge in [-0.3, -0.25) is 14.2 Å². The molecule has 0 saturated carbocycles. The zero-order valence-corrected chi connectivity index (χ0v) is 18.9. The van der Waals surface area contributed by atoms with E-state index in [9.17, 15) is 9.59 Å². The van der Waals surface area contributed by atoms with E-state index >= 15 is 0 Å². The van der Waals surface area contributed by atoms with Crippen LogP contribution in [-0.2, 0) is 4.79 Å². The zero-order chi connectivity index (χ0) is 22.9. The second-order valence-electron chi connectivity index (χ2n) is 7.74. The third-order valence-corrected chi connectivity index (χ3v) is 6.62. The van der Waals surface area contributed by atoms with Gasteiger partial charge in [-0.05, 0) is 53.6 Å². The molecular formula is C26H21N3O3S. The molecule has 3 aromatic carbocycles. The molecule has 33 heavy (non-hydrogen) atoms. The Morgan fingerprint density at radius 2 is 1.82 bits per heavy atom. The van der Waals surface area contributed by atoms with Gasteiger partial charge in [0.2, 0.25) is 5.91 Å². The van der Waals surface area contributed by atoms with Crippen LogP contribution in [0.3, 0.4) is 0 Å². The lowest BCUT2D eigenvalue weighted by molar-refractivity contribution is -0.118. The number of ether oxygens (including phenoxy) is 1. The third kappa shape index (κ3) is 3.87. The van der Waals surface area contributed by atoms with Gasteiger partial charge in [0.15, 0.2) is 0 Å². The number of nitrogens with zero attached hydrogens (tertiary/aromatic N) is 2. The Kier molecular flexibility index (Phi) is 5.40. The molecule has 0 spiro atoms. The highest BCUT2D eigenvalue weighted by Gasteiger charge is 2.20. The van der Waals surface area contributed by atoms with Crippen molar-refractivity contribution in [2.24, 2.45) is 0 Å². The number of carbonyl (C=O) groups is 1. The van der Waals surface area contributed by atoms with Crippen LogP contribution in [0, 0.1) is 0 Å². The minimum atomic E-state index is -0.735. The molecule has 1 N–H and O–H groups in total. The van der Waals surface area contributed by atoms with Crippen LogP contribution in [0.4, 0.5) is 5.69 Å². The van der Waals surface area contributed by atoms with Gasteiger partial charge in [-0.15, -0.1) is 11.3 Å². The lowest BCUT2D eigenvalue weighted by atomic mass is 10.0. The zero-order valence-electron chi connectivity index (χ0n) is 18.1. The van der Waals surface area contributed by atoms with Crippen LogP contribution in [0.1, 0.15) is 13.0 Å². The van der Waals surface area contributed by atoms with Gasteiger partial charge in [0.25, 0.3) is 5.56 Å². The number of thiophene rings is 1. The average molecular weight is 456 g/mol. The molecule has 0 radical (unpaired) electrons. The Labute approximate surface area is 194 Å². The summed E-state index contributed by atoms with van der Waals surface area (Å²) in [5.41, 5.74) is 2.17. The third-order valence-electron chi connectivity index (χ3n) is 5.73. The second-order valence-corrected chi connectivity index (χ2v) is 8.60. The van der Waals surface area contributed by atoms with E-state index < -0.39 is 6.04 Å². The monoisotopic (exact) mass is 455 g/mol. The number of anilines is 1. The maximum Gasteiger partial charge on any atom is 0.263 e. The topological polar surface area (TPSA) is 73.2 Å². The Hall–Kier alpha value is -3.97. The van der Waals surface area contributed by atoms with E-state index in [1.165, 1.54) is 22.2 Å². The lowest BCUT2D eigenvalue weighted by Gasteiger charge is -2.15. The minimum Gasteiger partial charge on any atom is -0.497 e. The van der Waals surface area contributed by atoms with Crippen LogP contribution in [0.25, 0.3) is 32.1 Å². The number of aromatic nitrogens is 2. The molecule has 1 unspecified atom stereocenters. The van der Waals surface area contributed by atoms with Gasteiger partial charge in [-0.2, -0.15) is 0 Å². The van der Waals surface area contributed by atoms with Crippen molar-refractivity contribution in [3.63, 3.8) is 0 Å². The summed E-state index contributed by atoms with van der Waals surface area (Å²) in [4.78, 5) is 31.5. The van der Waals surface area contributed by atoms with Crippen molar-refractivity contribution in [3.05, 3.63) is 88.8 Å². The maximum atomic E-state index is 13.5. The molecule has 0 fully saturated rings. The largest absolute Gasteiger partial charge is 0.497 e. The number of amides is 1. The summed E-state index contributed by atoms with van der Waals surface area (Å²) >= 11 is 1.43. The molecule has 0 bridgehead atoms. The van der Waals surface area contributed by atoms with Crippen molar-refractivity contribution < 1.29 is 9.53 Å². The predicted octanol–water partition coefficient (Wildman–Crippen LogP) is 5.49. The second kappa shape index (κ2) is 8.52. The van der Waals surface area contributed by atoms with Crippen molar-refractivity contribution in [3.8, 4) is 16.9 Å². The van der Waals surface area contributed by atoms with Gasteiger partial charge >= 0.3 is 0 Å². The number of methoxy groups -OCH3 is 1. The molecule has 5 rings (SSSR count). The fourth-order valence-electron chi connectivity index (χ4n) is 3.84. The smallest absolute Gasteiger partial charge is 0.263 e. The number of carbonyl (C=O) groups excluding carboxylic acids is 1. The predicted molar refractivity (Wildman–Crippen MR) is 133 cm³/mol. The van der Waals surface area contributed by atoms with Crippen molar-refractivity contribution in [1.29, 1.82) is 0 Å². The maximum absolute atomic E-state index is 13.5. The fourth-order valence-corrected chi connectivity index (χ4v) is 4.74. The lowest BCUT2D eigenvalue weighted by Crippen LogP contribution is -2.31. The summed E-state index contributed by atoms with van der Waals surface area (Å²) in [5, 5.41) is 7.57. The van der Waals surface area contributed by atoms with Crippen LogP contribution in [0.2, 0.25) is 0 Å². The Bertz CT molecular complexity index is 1540. The molecule has 0 aliphatic carbocycles. The summed E-state index contributed by atoms with van der Waals surface area (Å²) < 4.78 is 6.53. The first-order chi connectivity index (χ1) is 16.0. The Morgan fingerprint density at radius 3 is 2.58 bits per heavy atom. The van der Waals surface area contributed by atoms with Crippen molar-refractivity contribution in [2.45, 2.75) is 13.0 Å². The van der Waals surface area contributed by atoms with Gasteiger partial charge in [-0.25, -0.2) is 4.98 Å². The molecule has 7 heteroatoms. The Morgan fingerprint density at radius 1 is 1.06 bits per heavy atom. The molecule has 0 saturated heterocycles. The normalized spacial score (nSPS) is 12.1. The summed E-state index contributed by atoms with van der Waals surface area (Å²) in [7, 11) is 1.59. The molecule has 5 aromatic rings. The standard InChI is InChI=1S/C26H21N3O3S/c1-16(24(30)28-20-9-11-21(32-2)12-10-20)29-15-27-25-23(26(29)31)22(14-33-25)19-8-7-17-5-3-4-6-18(17)13-19/h3-16H,1-2H3,(H,28,30). The number of fused-ring (bicyclic) bond motifs is 2. The molecule has 2 heterocycles. The first-order valence-corrected chi connectivity index (χ1v) is 11.4. The number of benzene rings is 3. The number of hydrogen-bond donors (Lipinski definition) is 1. The highest BCUT2D eigenvalue weighted by molar-refractivity contribution is 7.17. The molecule has 164 valence electrons. The molecule has 2 aromatic heterocycles. The number of rotatable bonds is 5. The number of nitrogens with one attached hydrogen (secondary N) is 1. The van der Waals surface area contributed by atoms with Crippen molar-refractivity contribution in [1.82, 2.24) is 9.55 Å². The molecule has 1 amide bonds. The van der Waals surface area contributed by atoms with Crippen LogP contribution < -0.4 is 15.6 Å². The van der Waals surface area contributed by atoms with Crippen molar-refractivity contribution >= 4 is 43.9 Å². The van der Waals surface area contributed by atoms with Crippen LogP contribution in [0.5, 0.6) is 5.75 Å². The summed E-state index contributed by atoms with van der Waals surface area (Å²) in [6.45, 7) is 1.69. The molecule has 0 aliphatic rings. The highest BCUT2D eigenvalue weighted by atomic mass is 32.1. The summed E-state index contributed by atoms with van der Waals surface area (Å²) in [6.07, 6.45) is 1.45. The summed E-state index contributed by atoms with van der Waals surface area (Å²) in [6, 6.07) is 20.6. The van der Waals surface area contributed by atoms with E-state index in [2.05, 4.69) is 28.5 Å². The van der Waals surface area contributed by atoms with E-state index in [0.29, 0.717) is 21.7 Å². The average Bonchev–Trinajstić information content (AvgIpc) is 3.29. The van der Waals surface area contributed by atoms with E-state index in [-0.39, 0.29) is 11.5 Å². The van der Waals surface area contributed by atoms with E-state index in [1.807, 2.05) is 29.6 Å². The van der Waals surface area contributed by atoms with E-state index in [1.54, 1.807) is 38.3 Å². The first-order valence-electron chi connectivity index (χ1n) is 10.5. The SMILES string of the molecule is COc1ccc(NC(=O)C(C)n2cnc3scc(-c4ccc5ccccc5c4)c3c2=O)cc1. The van der Waals surface area contributed by atoms with Gasteiger partial charge in [0.05, 0.1) is 18.8 Å². The van der Waals surface area contributed by atoms with Gasteiger partial charge in [-0.1, -0.05) is 36.4 Å². The Balaban J connectivity index is 1.50. The molecule has 6 nitrogen and oxygen atoms in total. The molecular weight excluding hydrogens is 434 g/mol. The quantitative estimate of drug-likeness (QED) is 0.381. The minimum absolute atomic E-state index is 0.234. The number of hydrogen-bond acceptors (Lipinski definition) is 5. The van der Waals surface area contributed by atoms with Crippen molar-refractivity contribution in [2.75, 3.05) is 12.4 Å². The van der Waals surface area contributed by atoms with Gasteiger partial charge in [0, 0.05) is 16.6 Å². The van der Waals surface area contributed by atoms with Crippen LogP contribution in [0.15, 0.2) is 83.2 Å². The summed E-state index contributed by atoms with van der Waals surface area (Å²) in [5.74, 6) is 0.400. The van der Waals surface area contributed by atoms with Gasteiger partial charge < -0.3 is 10.1 Å². The van der Waals surface area contributed by atoms with Crippen LogP contribution in [-0.4, -0.2) is 22.6 Å². The van der Waals surface area contributed by atoms with E-state index in [0.717, 1.165) is 21.9 Å².